The molecule has 1 aromatic rings. The summed E-state index contributed by atoms with van der Waals surface area (Å²) in [5.74, 6) is -0.968. The predicted molar refractivity (Wildman–Crippen MR) is 39.3 cm³/mol. The Morgan fingerprint density at radius 3 is 3.36 bits per heavy atom. The molecule has 0 saturated heterocycles. The summed E-state index contributed by atoms with van der Waals surface area (Å²) in [6.07, 6.45) is 1.33. The SMILES string of the molecule is [2H]C([2H])([2H])Oc1cccnc1C(N)=O. The van der Waals surface area contributed by atoms with E-state index in [1.807, 2.05) is 0 Å². The van der Waals surface area contributed by atoms with Gasteiger partial charge in [0.05, 0.1) is 11.2 Å². The van der Waals surface area contributed by atoms with E-state index in [4.69, 9.17) is 9.85 Å². The molecule has 4 heteroatoms. The molecule has 0 aromatic carbocycles. The molecule has 0 radical (unpaired) electrons. The van der Waals surface area contributed by atoms with Gasteiger partial charge in [0.2, 0.25) is 0 Å². The van der Waals surface area contributed by atoms with Crippen LogP contribution in [-0.4, -0.2) is 17.9 Å². The number of pyridine rings is 1. The van der Waals surface area contributed by atoms with E-state index in [1.54, 1.807) is 0 Å². The quantitative estimate of drug-likeness (QED) is 0.663. The number of ether oxygens (including phenoxy) is 1. The number of nitrogens with two attached hydrogens (primary N) is 1. The number of hydrogen-bond acceptors (Lipinski definition) is 3. The van der Waals surface area contributed by atoms with Gasteiger partial charge in [-0.15, -0.1) is 0 Å². The Kier molecular flexibility index (Phi) is 1.18. The zero-order valence-corrected chi connectivity index (χ0v) is 5.57. The van der Waals surface area contributed by atoms with E-state index in [9.17, 15) is 4.79 Å². The second-order valence-corrected chi connectivity index (χ2v) is 1.82. The van der Waals surface area contributed by atoms with Gasteiger partial charge in [0.1, 0.15) is 5.75 Å². The van der Waals surface area contributed by atoms with Crippen LogP contribution in [-0.2, 0) is 0 Å². The largest absolute Gasteiger partial charge is 0.494 e. The van der Waals surface area contributed by atoms with Crippen molar-refractivity contribution in [3.05, 3.63) is 24.0 Å². The van der Waals surface area contributed by atoms with Crippen molar-refractivity contribution < 1.29 is 13.6 Å². The molecule has 1 amide bonds. The summed E-state index contributed by atoms with van der Waals surface area (Å²) < 4.78 is 25.0. The molecule has 1 aromatic heterocycles. The number of amides is 1. The lowest BCUT2D eigenvalue weighted by Gasteiger charge is -2.01. The highest BCUT2D eigenvalue weighted by atomic mass is 16.5. The Hall–Kier alpha value is -1.58. The lowest BCUT2D eigenvalue weighted by Crippen LogP contribution is -2.14. The summed E-state index contributed by atoms with van der Waals surface area (Å²) in [6, 6.07) is 2.77. The summed E-state index contributed by atoms with van der Waals surface area (Å²) in [6.45, 7) is 0. The monoisotopic (exact) mass is 155 g/mol. The highest BCUT2D eigenvalue weighted by Gasteiger charge is 2.07. The molecule has 1 rings (SSSR count). The van der Waals surface area contributed by atoms with Crippen molar-refractivity contribution in [2.45, 2.75) is 0 Å². The fourth-order valence-electron chi connectivity index (χ4n) is 0.658. The minimum atomic E-state index is -2.62. The van der Waals surface area contributed by atoms with Gasteiger partial charge in [0.15, 0.2) is 5.69 Å². The van der Waals surface area contributed by atoms with Crippen molar-refractivity contribution in [2.75, 3.05) is 7.04 Å². The molecule has 0 bridgehead atoms. The van der Waals surface area contributed by atoms with Gasteiger partial charge >= 0.3 is 0 Å². The highest BCUT2D eigenvalue weighted by Crippen LogP contribution is 2.12. The molecule has 11 heavy (non-hydrogen) atoms. The maximum atomic E-state index is 10.8. The number of rotatable bonds is 2. The van der Waals surface area contributed by atoms with Crippen LogP contribution in [0.25, 0.3) is 0 Å². The average molecular weight is 155 g/mol. The Labute approximate surface area is 68.2 Å². The van der Waals surface area contributed by atoms with Crippen molar-refractivity contribution in [3.8, 4) is 5.75 Å². The molecule has 0 unspecified atom stereocenters. The second-order valence-electron chi connectivity index (χ2n) is 1.82. The molecule has 0 spiro atoms. The molecule has 0 fully saturated rings. The van der Waals surface area contributed by atoms with Gasteiger partial charge in [-0.3, -0.25) is 4.79 Å². The Morgan fingerprint density at radius 2 is 2.73 bits per heavy atom. The Morgan fingerprint density at radius 1 is 1.91 bits per heavy atom. The zero-order chi connectivity index (χ0) is 10.8. The summed E-state index contributed by atoms with van der Waals surface area (Å²) in [7, 11) is -2.62. The smallest absolute Gasteiger partial charge is 0.271 e. The number of carbonyl (C=O) groups is 1. The molecule has 0 aliphatic heterocycles. The van der Waals surface area contributed by atoms with E-state index in [2.05, 4.69) is 9.72 Å². The number of carbonyl (C=O) groups excluding carboxylic acids is 1. The second kappa shape index (κ2) is 3.01. The molecule has 0 aliphatic carbocycles. The van der Waals surface area contributed by atoms with E-state index in [0.717, 1.165) is 0 Å². The van der Waals surface area contributed by atoms with Crippen molar-refractivity contribution >= 4 is 5.91 Å². The number of aromatic nitrogens is 1. The Balaban J connectivity index is 3.02. The van der Waals surface area contributed by atoms with Gasteiger partial charge in [0.25, 0.3) is 5.91 Å². The number of methoxy groups -OCH3 is 1. The summed E-state index contributed by atoms with van der Waals surface area (Å²) in [5, 5.41) is 0. The fraction of sp³-hybridized carbons (Fsp3) is 0.143. The number of primary amides is 1. The molecule has 4 nitrogen and oxygen atoms in total. The van der Waals surface area contributed by atoms with Crippen molar-refractivity contribution in [1.29, 1.82) is 0 Å². The molecular formula is C7H8N2O2. The van der Waals surface area contributed by atoms with Crippen LogP contribution in [0.5, 0.6) is 5.75 Å². The molecule has 0 aliphatic rings. The van der Waals surface area contributed by atoms with Gasteiger partial charge in [-0.2, -0.15) is 0 Å². The van der Waals surface area contributed by atoms with Gasteiger partial charge in [-0.25, -0.2) is 4.98 Å². The van der Waals surface area contributed by atoms with Crippen LogP contribution < -0.4 is 10.5 Å². The molecule has 0 atom stereocenters. The fourth-order valence-corrected chi connectivity index (χ4v) is 0.658. The van der Waals surface area contributed by atoms with Crippen molar-refractivity contribution in [2.24, 2.45) is 5.73 Å². The van der Waals surface area contributed by atoms with Gasteiger partial charge < -0.3 is 10.5 Å². The average Bonchev–Trinajstić information content (AvgIpc) is 2.01. The summed E-state index contributed by atoms with van der Waals surface area (Å²) in [4.78, 5) is 14.4. The van der Waals surface area contributed by atoms with E-state index in [-0.39, 0.29) is 11.4 Å². The van der Waals surface area contributed by atoms with Crippen LogP contribution in [0.4, 0.5) is 0 Å². The van der Waals surface area contributed by atoms with E-state index < -0.39 is 12.9 Å². The maximum absolute atomic E-state index is 10.8. The van der Waals surface area contributed by atoms with Crippen LogP contribution in [0, 0.1) is 0 Å². The molecular weight excluding hydrogens is 144 g/mol. The lowest BCUT2D eigenvalue weighted by molar-refractivity contribution is 0.0992. The predicted octanol–water partition coefficient (Wildman–Crippen LogP) is 0.189. The van der Waals surface area contributed by atoms with Gasteiger partial charge in [-0.1, -0.05) is 0 Å². The first-order valence-corrected chi connectivity index (χ1v) is 2.84. The third-order valence-corrected chi connectivity index (χ3v) is 1.11. The molecule has 2 N–H and O–H groups in total. The minimum Gasteiger partial charge on any atom is -0.494 e. The molecule has 58 valence electrons. The van der Waals surface area contributed by atoms with Crippen LogP contribution in [0.15, 0.2) is 18.3 Å². The normalized spacial score (nSPS) is 14.4. The highest BCUT2D eigenvalue weighted by molar-refractivity contribution is 5.93. The third kappa shape index (κ3) is 1.46. The van der Waals surface area contributed by atoms with Crippen LogP contribution in [0.2, 0.25) is 0 Å². The first-order chi connectivity index (χ1) is 6.40. The van der Waals surface area contributed by atoms with Crippen LogP contribution in [0.3, 0.4) is 0 Å². The third-order valence-electron chi connectivity index (χ3n) is 1.11. The van der Waals surface area contributed by atoms with Crippen LogP contribution >= 0.6 is 0 Å². The summed E-state index contributed by atoms with van der Waals surface area (Å²) in [5.41, 5.74) is 4.78. The first kappa shape index (κ1) is 4.33. The van der Waals surface area contributed by atoms with Crippen molar-refractivity contribution in [3.63, 3.8) is 0 Å². The van der Waals surface area contributed by atoms with Gasteiger partial charge in [-0.05, 0) is 12.1 Å². The molecule has 0 saturated carbocycles. The van der Waals surface area contributed by atoms with Crippen molar-refractivity contribution in [1.82, 2.24) is 4.98 Å². The zero-order valence-electron chi connectivity index (χ0n) is 8.57. The summed E-state index contributed by atoms with van der Waals surface area (Å²) >= 11 is 0. The van der Waals surface area contributed by atoms with E-state index in [1.165, 1.54) is 18.3 Å². The van der Waals surface area contributed by atoms with Crippen LogP contribution in [0.1, 0.15) is 14.6 Å². The standard InChI is InChI=1S/C7H8N2O2/c1-11-5-3-2-4-9-6(5)7(8)10/h2-4H,1H3,(H2,8,10)/i1D3. The topological polar surface area (TPSA) is 65.2 Å². The lowest BCUT2D eigenvalue weighted by atomic mass is 10.3. The number of hydrogen-bond donors (Lipinski definition) is 1. The van der Waals surface area contributed by atoms with E-state index >= 15 is 0 Å². The Bertz CT molecular complexity index is 351. The maximum Gasteiger partial charge on any atom is 0.271 e. The van der Waals surface area contributed by atoms with Gasteiger partial charge in [0, 0.05) is 6.20 Å². The molecule has 1 heterocycles. The van der Waals surface area contributed by atoms with E-state index in [0.29, 0.717) is 0 Å². The minimum absolute atomic E-state index is 0.139. The number of nitrogens with zero attached hydrogens (tertiary/aromatic N) is 1. The first-order valence-electron chi connectivity index (χ1n) is 4.34.